The van der Waals surface area contributed by atoms with Gasteiger partial charge in [0, 0.05) is 28.2 Å². The minimum Gasteiger partial charge on any atom is -0.461 e. The first-order valence-electron chi connectivity index (χ1n) is 8.53. The number of amides is 1. The second kappa shape index (κ2) is 7.66. The van der Waals surface area contributed by atoms with Gasteiger partial charge in [-0.3, -0.25) is 23.5 Å². The molecule has 3 aromatic rings. The summed E-state index contributed by atoms with van der Waals surface area (Å²) >= 11 is 0.849. The van der Waals surface area contributed by atoms with Gasteiger partial charge in [-0.25, -0.2) is 14.8 Å². The molecule has 0 spiro atoms. The number of furan rings is 1. The summed E-state index contributed by atoms with van der Waals surface area (Å²) in [5.74, 6) is -0.370. The first kappa shape index (κ1) is 20.5. The molecule has 3 rings (SSSR count). The van der Waals surface area contributed by atoms with Gasteiger partial charge in [0.2, 0.25) is 5.91 Å². The highest BCUT2D eigenvalue weighted by Gasteiger charge is 2.29. The van der Waals surface area contributed by atoms with Crippen molar-refractivity contribution < 1.29 is 14.0 Å². The lowest BCUT2D eigenvalue weighted by molar-refractivity contribution is -0.132. The van der Waals surface area contributed by atoms with Crippen LogP contribution in [0.2, 0.25) is 0 Å². The lowest BCUT2D eigenvalue weighted by atomic mass is 10.3. The zero-order chi connectivity index (χ0) is 21.5. The third-order valence-electron chi connectivity index (χ3n) is 4.27. The third-order valence-corrected chi connectivity index (χ3v) is 5.56. The van der Waals surface area contributed by atoms with Crippen LogP contribution in [0.1, 0.15) is 6.92 Å². The molecule has 152 valence electrons. The Bertz CT molecular complexity index is 1230. The van der Waals surface area contributed by atoms with Crippen LogP contribution < -0.4 is 11.2 Å². The van der Waals surface area contributed by atoms with Crippen molar-refractivity contribution in [2.75, 3.05) is 14.1 Å². The largest absolute Gasteiger partial charge is 0.461 e. The van der Waals surface area contributed by atoms with E-state index in [9.17, 15) is 19.2 Å². The predicted octanol–water partition coefficient (Wildman–Crippen LogP) is 0.425. The average molecular weight is 417 g/mol. The number of carbonyl (C=O) groups is 2. The van der Waals surface area contributed by atoms with Crippen molar-refractivity contribution in [3.63, 3.8) is 0 Å². The van der Waals surface area contributed by atoms with Crippen LogP contribution in [0.15, 0.2) is 37.4 Å². The van der Waals surface area contributed by atoms with E-state index in [1.807, 2.05) is 0 Å². The molecule has 0 aliphatic rings. The van der Waals surface area contributed by atoms with Gasteiger partial charge in [-0.1, -0.05) is 11.8 Å². The van der Waals surface area contributed by atoms with Crippen LogP contribution in [0.4, 0.5) is 0 Å². The van der Waals surface area contributed by atoms with Gasteiger partial charge >= 0.3 is 5.69 Å². The molecule has 1 atom stereocenters. The fourth-order valence-electron chi connectivity index (χ4n) is 2.68. The van der Waals surface area contributed by atoms with Crippen LogP contribution >= 0.6 is 11.8 Å². The predicted molar refractivity (Wildman–Crippen MR) is 107 cm³/mol. The summed E-state index contributed by atoms with van der Waals surface area (Å²) in [5, 5.41) is -0.935. The molecule has 10 nitrogen and oxygen atoms in total. The van der Waals surface area contributed by atoms with E-state index in [0.717, 1.165) is 16.3 Å². The smallest absolute Gasteiger partial charge is 0.332 e. The maximum absolute atomic E-state index is 12.8. The van der Waals surface area contributed by atoms with Gasteiger partial charge in [0.05, 0.1) is 6.26 Å². The zero-order valence-corrected chi connectivity index (χ0v) is 17.3. The van der Waals surface area contributed by atoms with E-state index in [1.165, 1.54) is 50.8 Å². The van der Waals surface area contributed by atoms with Crippen molar-refractivity contribution >= 4 is 34.5 Å². The number of aryl methyl sites for hydroxylation is 1. The summed E-state index contributed by atoms with van der Waals surface area (Å²) in [7, 11) is 5.89. The van der Waals surface area contributed by atoms with Crippen LogP contribution in [0.3, 0.4) is 0 Å². The van der Waals surface area contributed by atoms with Crippen LogP contribution in [0.25, 0.3) is 22.6 Å². The lowest BCUT2D eigenvalue weighted by Gasteiger charge is -2.18. The zero-order valence-electron chi connectivity index (χ0n) is 16.5. The summed E-state index contributed by atoms with van der Waals surface area (Å²) in [6.07, 6.45) is 1.44. The van der Waals surface area contributed by atoms with Crippen LogP contribution in [0.5, 0.6) is 0 Å². The normalized spacial score (nSPS) is 12.2. The Labute approximate surface area is 169 Å². The topological polar surface area (TPSA) is 120 Å². The van der Waals surface area contributed by atoms with Crippen molar-refractivity contribution in [2.24, 2.45) is 14.1 Å². The van der Waals surface area contributed by atoms with E-state index >= 15 is 0 Å². The Morgan fingerprint density at radius 3 is 2.41 bits per heavy atom. The fraction of sp³-hybridized carbons (Fsp3) is 0.333. The molecule has 0 fully saturated rings. The number of Topliss-reactive ketones (excluding diaryl/α,β-unsaturated/α-hetero) is 1. The Kier molecular flexibility index (Phi) is 5.42. The second-order valence-electron chi connectivity index (χ2n) is 6.58. The Morgan fingerprint density at radius 2 is 1.86 bits per heavy atom. The fourth-order valence-corrected chi connectivity index (χ4v) is 3.82. The standard InChI is InChI=1S/C18H19N5O5S/c1-9(24)12(17(26)21(2)3)29-15-11-14(22(4)18(27)23(5)16(11)25)19-13(20-15)10-7-6-8-28-10/h6-8,12H,1-5H3/t12-/m0/s1. The number of nitrogens with zero attached hydrogens (tertiary/aromatic N) is 5. The van der Waals surface area contributed by atoms with Gasteiger partial charge in [-0.15, -0.1) is 0 Å². The van der Waals surface area contributed by atoms with Crippen molar-refractivity contribution in [3.05, 3.63) is 39.2 Å². The lowest BCUT2D eigenvalue weighted by Crippen LogP contribution is -2.38. The third kappa shape index (κ3) is 3.60. The van der Waals surface area contributed by atoms with E-state index in [2.05, 4.69) is 9.97 Å². The van der Waals surface area contributed by atoms with Gasteiger partial charge in [0.15, 0.2) is 23.0 Å². The highest BCUT2D eigenvalue weighted by atomic mass is 32.2. The van der Waals surface area contributed by atoms with E-state index in [4.69, 9.17) is 4.42 Å². The SMILES string of the molecule is CC(=O)[C@H](Sc1nc(-c2ccco2)nc2c1c(=O)n(C)c(=O)n2C)C(=O)N(C)C. The van der Waals surface area contributed by atoms with E-state index in [1.54, 1.807) is 12.1 Å². The number of fused-ring (bicyclic) bond motifs is 1. The van der Waals surface area contributed by atoms with Crippen molar-refractivity contribution in [2.45, 2.75) is 17.2 Å². The molecule has 0 unspecified atom stereocenters. The molecular weight excluding hydrogens is 398 g/mol. The monoisotopic (exact) mass is 417 g/mol. The number of ketones is 1. The number of hydrogen-bond donors (Lipinski definition) is 0. The summed E-state index contributed by atoms with van der Waals surface area (Å²) in [4.78, 5) is 59.8. The van der Waals surface area contributed by atoms with Crippen LogP contribution in [0, 0.1) is 0 Å². The molecule has 0 aromatic carbocycles. The van der Waals surface area contributed by atoms with E-state index in [-0.39, 0.29) is 27.7 Å². The minimum absolute atomic E-state index is 0.0488. The summed E-state index contributed by atoms with van der Waals surface area (Å²) in [6, 6.07) is 3.27. The number of carbonyl (C=O) groups excluding carboxylic acids is 2. The van der Waals surface area contributed by atoms with Gasteiger partial charge in [-0.05, 0) is 19.1 Å². The summed E-state index contributed by atoms with van der Waals surface area (Å²) in [5.41, 5.74) is -1.09. The first-order valence-corrected chi connectivity index (χ1v) is 9.41. The molecule has 0 saturated heterocycles. The molecule has 0 N–H and O–H groups in total. The van der Waals surface area contributed by atoms with Gasteiger partial charge in [0.1, 0.15) is 15.7 Å². The Hall–Kier alpha value is -3.21. The first-order chi connectivity index (χ1) is 13.6. The molecule has 3 heterocycles. The summed E-state index contributed by atoms with van der Waals surface area (Å²) in [6.45, 7) is 1.30. The molecule has 0 saturated carbocycles. The van der Waals surface area contributed by atoms with E-state index < -0.39 is 22.4 Å². The highest BCUT2D eigenvalue weighted by Crippen LogP contribution is 2.30. The second-order valence-corrected chi connectivity index (χ2v) is 7.67. The molecule has 3 aromatic heterocycles. The Morgan fingerprint density at radius 1 is 1.17 bits per heavy atom. The molecular formula is C18H19N5O5S. The quantitative estimate of drug-likeness (QED) is 0.333. The molecule has 0 bridgehead atoms. The highest BCUT2D eigenvalue weighted by molar-refractivity contribution is 8.01. The number of aromatic nitrogens is 4. The molecule has 0 aliphatic carbocycles. The summed E-state index contributed by atoms with van der Waals surface area (Å²) < 4.78 is 7.48. The number of hydrogen-bond acceptors (Lipinski definition) is 8. The van der Waals surface area contributed by atoms with Crippen molar-refractivity contribution in [3.8, 4) is 11.6 Å². The van der Waals surface area contributed by atoms with Crippen molar-refractivity contribution in [1.82, 2.24) is 24.0 Å². The van der Waals surface area contributed by atoms with Crippen LogP contribution in [-0.4, -0.2) is 55.0 Å². The maximum atomic E-state index is 12.8. The van der Waals surface area contributed by atoms with E-state index in [0.29, 0.717) is 5.76 Å². The molecule has 0 radical (unpaired) electrons. The average Bonchev–Trinajstić information content (AvgIpc) is 3.22. The molecule has 0 aliphatic heterocycles. The molecule has 1 amide bonds. The Balaban J connectivity index is 2.34. The maximum Gasteiger partial charge on any atom is 0.332 e. The number of rotatable bonds is 5. The minimum atomic E-state index is -1.10. The van der Waals surface area contributed by atoms with Gasteiger partial charge in [0.25, 0.3) is 5.56 Å². The van der Waals surface area contributed by atoms with Gasteiger partial charge in [-0.2, -0.15) is 0 Å². The molecule has 29 heavy (non-hydrogen) atoms. The molecule has 11 heteroatoms. The van der Waals surface area contributed by atoms with Crippen LogP contribution in [-0.2, 0) is 23.7 Å². The van der Waals surface area contributed by atoms with Crippen molar-refractivity contribution in [1.29, 1.82) is 0 Å². The van der Waals surface area contributed by atoms with Gasteiger partial charge < -0.3 is 9.32 Å². The number of thioether (sulfide) groups is 1.